The Hall–Kier alpha value is -2.64. The second-order valence-corrected chi connectivity index (χ2v) is 7.88. The largest absolute Gasteiger partial charge is 0.352 e. The third-order valence-electron chi connectivity index (χ3n) is 5.38. The van der Waals surface area contributed by atoms with Crippen molar-refractivity contribution in [3.05, 3.63) is 70.8 Å². The first kappa shape index (κ1) is 20.1. The van der Waals surface area contributed by atoms with Crippen LogP contribution in [0.1, 0.15) is 48.4 Å². The second-order valence-electron chi connectivity index (χ2n) is 7.88. The van der Waals surface area contributed by atoms with Crippen molar-refractivity contribution in [3.63, 3.8) is 0 Å². The fourth-order valence-electron chi connectivity index (χ4n) is 3.74. The minimum Gasteiger partial charge on any atom is -0.352 e. The van der Waals surface area contributed by atoms with Crippen molar-refractivity contribution in [2.45, 2.75) is 45.7 Å². The van der Waals surface area contributed by atoms with Crippen LogP contribution in [0.4, 0.5) is 0 Å². The van der Waals surface area contributed by atoms with Gasteiger partial charge in [-0.1, -0.05) is 43.3 Å². The van der Waals surface area contributed by atoms with Gasteiger partial charge in [-0.05, 0) is 60.5 Å². The van der Waals surface area contributed by atoms with Crippen molar-refractivity contribution in [1.29, 1.82) is 5.26 Å². The Morgan fingerprint density at radius 2 is 1.79 bits per heavy atom. The lowest BCUT2D eigenvalue weighted by Gasteiger charge is -2.30. The highest BCUT2D eigenvalue weighted by Crippen LogP contribution is 2.18. The van der Waals surface area contributed by atoms with Gasteiger partial charge in [0.05, 0.1) is 11.6 Å². The van der Waals surface area contributed by atoms with E-state index in [9.17, 15) is 4.79 Å². The van der Waals surface area contributed by atoms with Crippen LogP contribution in [0.25, 0.3) is 0 Å². The monoisotopic (exact) mass is 375 g/mol. The van der Waals surface area contributed by atoms with E-state index in [-0.39, 0.29) is 5.91 Å². The molecular weight excluding hydrogens is 346 g/mol. The molecular formula is C24H29N3O. The van der Waals surface area contributed by atoms with E-state index in [1.807, 2.05) is 12.1 Å². The summed E-state index contributed by atoms with van der Waals surface area (Å²) >= 11 is 0. The molecule has 0 bridgehead atoms. The van der Waals surface area contributed by atoms with Crippen LogP contribution < -0.4 is 5.32 Å². The number of nitrogens with zero attached hydrogens (tertiary/aromatic N) is 2. The number of likely N-dealkylation sites (tertiary alicyclic amines) is 1. The number of amides is 1. The maximum Gasteiger partial charge on any atom is 0.220 e. The Morgan fingerprint density at radius 3 is 2.46 bits per heavy atom. The highest BCUT2D eigenvalue weighted by Gasteiger charge is 2.16. The molecule has 0 saturated carbocycles. The van der Waals surface area contributed by atoms with Crippen molar-refractivity contribution >= 4 is 5.91 Å². The summed E-state index contributed by atoms with van der Waals surface area (Å²) in [5.41, 5.74) is 4.18. The van der Waals surface area contributed by atoms with Gasteiger partial charge in [-0.3, -0.25) is 9.69 Å². The van der Waals surface area contributed by atoms with E-state index < -0.39 is 0 Å². The zero-order valence-corrected chi connectivity index (χ0v) is 16.7. The molecule has 1 N–H and O–H groups in total. The molecule has 1 aliphatic heterocycles. The SMILES string of the molecule is C[C@@H]1CCCN(Cc2ccc(CNC(=O)CCc3ccc(C#N)cc3)cc2)C1. The van der Waals surface area contributed by atoms with Crippen LogP contribution in [0, 0.1) is 17.2 Å². The van der Waals surface area contributed by atoms with Gasteiger partial charge in [0.2, 0.25) is 5.91 Å². The van der Waals surface area contributed by atoms with E-state index in [0.717, 1.165) is 23.6 Å². The van der Waals surface area contributed by atoms with Gasteiger partial charge >= 0.3 is 0 Å². The molecule has 1 atom stereocenters. The molecule has 4 nitrogen and oxygen atoms in total. The fraction of sp³-hybridized carbons (Fsp3) is 0.417. The maximum atomic E-state index is 12.1. The van der Waals surface area contributed by atoms with Crippen LogP contribution in [-0.4, -0.2) is 23.9 Å². The van der Waals surface area contributed by atoms with E-state index in [4.69, 9.17) is 5.26 Å². The van der Waals surface area contributed by atoms with E-state index in [1.165, 1.54) is 31.5 Å². The molecule has 146 valence electrons. The first-order valence-electron chi connectivity index (χ1n) is 10.2. The number of nitriles is 1. The lowest BCUT2D eigenvalue weighted by atomic mass is 9.99. The van der Waals surface area contributed by atoms with E-state index in [0.29, 0.717) is 24.9 Å². The van der Waals surface area contributed by atoms with Crippen molar-refractivity contribution in [1.82, 2.24) is 10.2 Å². The van der Waals surface area contributed by atoms with Crippen LogP contribution >= 0.6 is 0 Å². The summed E-state index contributed by atoms with van der Waals surface area (Å²) < 4.78 is 0. The molecule has 1 heterocycles. The highest BCUT2D eigenvalue weighted by atomic mass is 16.1. The average Bonchev–Trinajstić information content (AvgIpc) is 2.72. The molecule has 1 fully saturated rings. The van der Waals surface area contributed by atoms with Crippen LogP contribution in [0.3, 0.4) is 0 Å². The zero-order valence-electron chi connectivity index (χ0n) is 16.7. The molecule has 1 aliphatic rings. The fourth-order valence-corrected chi connectivity index (χ4v) is 3.74. The topological polar surface area (TPSA) is 56.1 Å². The van der Waals surface area contributed by atoms with Crippen molar-refractivity contribution < 1.29 is 4.79 Å². The predicted molar refractivity (Wildman–Crippen MR) is 111 cm³/mol. The van der Waals surface area contributed by atoms with Crippen LogP contribution in [0.15, 0.2) is 48.5 Å². The number of hydrogen-bond donors (Lipinski definition) is 1. The lowest BCUT2D eigenvalue weighted by molar-refractivity contribution is -0.121. The number of rotatable bonds is 7. The Balaban J connectivity index is 1.40. The first-order chi connectivity index (χ1) is 13.6. The van der Waals surface area contributed by atoms with Gasteiger partial charge in [-0.25, -0.2) is 0 Å². The molecule has 0 aromatic heterocycles. The van der Waals surface area contributed by atoms with Crippen molar-refractivity contribution in [2.24, 2.45) is 5.92 Å². The van der Waals surface area contributed by atoms with Gasteiger partial charge < -0.3 is 5.32 Å². The van der Waals surface area contributed by atoms with Gasteiger partial charge in [-0.15, -0.1) is 0 Å². The third kappa shape index (κ3) is 6.21. The summed E-state index contributed by atoms with van der Waals surface area (Å²) in [5.74, 6) is 0.850. The molecule has 4 heteroatoms. The number of carbonyl (C=O) groups is 1. The van der Waals surface area contributed by atoms with Gasteiger partial charge in [0, 0.05) is 26.1 Å². The average molecular weight is 376 g/mol. The molecule has 0 radical (unpaired) electrons. The Bertz CT molecular complexity index is 805. The number of benzene rings is 2. The number of piperidine rings is 1. The molecule has 2 aromatic carbocycles. The summed E-state index contributed by atoms with van der Waals surface area (Å²) in [5, 5.41) is 11.8. The molecule has 28 heavy (non-hydrogen) atoms. The van der Waals surface area contributed by atoms with Gasteiger partial charge in [0.1, 0.15) is 0 Å². The highest BCUT2D eigenvalue weighted by molar-refractivity contribution is 5.76. The number of aryl methyl sites for hydroxylation is 1. The first-order valence-corrected chi connectivity index (χ1v) is 10.2. The molecule has 1 amide bonds. The summed E-state index contributed by atoms with van der Waals surface area (Å²) in [4.78, 5) is 14.6. The maximum absolute atomic E-state index is 12.1. The zero-order chi connectivity index (χ0) is 19.8. The Kier molecular flexibility index (Phi) is 7.22. The minimum atomic E-state index is 0.0516. The minimum absolute atomic E-state index is 0.0516. The Labute approximate surface area is 168 Å². The van der Waals surface area contributed by atoms with Crippen LogP contribution in [0.5, 0.6) is 0 Å². The quantitative estimate of drug-likeness (QED) is 0.795. The Morgan fingerprint density at radius 1 is 1.11 bits per heavy atom. The smallest absolute Gasteiger partial charge is 0.220 e. The summed E-state index contributed by atoms with van der Waals surface area (Å²) in [6, 6.07) is 18.1. The van der Waals surface area contributed by atoms with Crippen molar-refractivity contribution in [3.8, 4) is 6.07 Å². The standard InChI is InChI=1S/C24H29N3O/c1-19-3-2-14-27(17-19)18-23-10-8-22(9-11-23)16-26-24(28)13-12-20-4-6-21(15-25)7-5-20/h4-11,19H,2-3,12-14,16-18H2,1H3,(H,26,28)/t19-/m1/s1. The van der Waals surface area contributed by atoms with Crippen LogP contribution in [0.2, 0.25) is 0 Å². The molecule has 0 spiro atoms. The molecule has 2 aromatic rings. The summed E-state index contributed by atoms with van der Waals surface area (Å²) in [7, 11) is 0. The molecule has 3 rings (SSSR count). The van der Waals surface area contributed by atoms with E-state index in [2.05, 4.69) is 47.5 Å². The van der Waals surface area contributed by atoms with E-state index in [1.54, 1.807) is 12.1 Å². The summed E-state index contributed by atoms with van der Waals surface area (Å²) in [6.45, 7) is 6.30. The van der Waals surface area contributed by atoms with Gasteiger partial charge in [0.15, 0.2) is 0 Å². The van der Waals surface area contributed by atoms with Crippen LogP contribution in [-0.2, 0) is 24.3 Å². The second kappa shape index (κ2) is 10.1. The third-order valence-corrected chi connectivity index (χ3v) is 5.38. The summed E-state index contributed by atoms with van der Waals surface area (Å²) in [6.07, 6.45) is 3.79. The van der Waals surface area contributed by atoms with Crippen molar-refractivity contribution in [2.75, 3.05) is 13.1 Å². The molecule has 1 saturated heterocycles. The van der Waals surface area contributed by atoms with Gasteiger partial charge in [0.25, 0.3) is 0 Å². The normalized spacial score (nSPS) is 17.1. The molecule has 0 aliphatic carbocycles. The number of carbonyl (C=O) groups excluding carboxylic acids is 1. The lowest BCUT2D eigenvalue weighted by Crippen LogP contribution is -2.33. The number of nitrogens with one attached hydrogen (secondary N) is 1. The number of hydrogen-bond acceptors (Lipinski definition) is 3. The van der Waals surface area contributed by atoms with Gasteiger partial charge in [-0.2, -0.15) is 5.26 Å². The van der Waals surface area contributed by atoms with E-state index >= 15 is 0 Å². The predicted octanol–water partition coefficient (Wildman–Crippen LogP) is 4.04. The molecule has 0 unspecified atom stereocenters.